The molecule has 0 atom stereocenters. The molecule has 1 aromatic carbocycles. The molecule has 2 aromatic rings. The number of fused-ring (bicyclic) bond motifs is 1. The van der Waals surface area contributed by atoms with Crippen LogP contribution in [-0.2, 0) is 0 Å². The predicted molar refractivity (Wildman–Crippen MR) is 56.7 cm³/mol. The van der Waals surface area contributed by atoms with Gasteiger partial charge >= 0.3 is 0 Å². The summed E-state index contributed by atoms with van der Waals surface area (Å²) in [5, 5.41) is 8.63. The molecule has 16 heavy (non-hydrogen) atoms. The largest absolute Gasteiger partial charge is 0.441 e. The fourth-order valence-corrected chi connectivity index (χ4v) is 1.85. The summed E-state index contributed by atoms with van der Waals surface area (Å²) in [5.74, 6) is -1.71. The van der Waals surface area contributed by atoms with E-state index in [0.29, 0.717) is 6.07 Å². The highest BCUT2D eigenvalue weighted by molar-refractivity contribution is 7.71. The van der Waals surface area contributed by atoms with E-state index in [4.69, 9.17) is 33.5 Å². The maximum Gasteiger partial charge on any atom is 0.210 e. The van der Waals surface area contributed by atoms with E-state index in [1.54, 1.807) is 6.07 Å². The van der Waals surface area contributed by atoms with Crippen molar-refractivity contribution in [1.82, 2.24) is 0 Å². The summed E-state index contributed by atoms with van der Waals surface area (Å²) in [6.45, 7) is 0. The zero-order chi connectivity index (χ0) is 11.9. The first kappa shape index (κ1) is 11.0. The highest BCUT2D eigenvalue weighted by Gasteiger charge is 2.14. The van der Waals surface area contributed by atoms with Gasteiger partial charge in [-0.05, 0) is 18.3 Å². The highest BCUT2D eigenvalue weighted by Crippen LogP contribution is 2.30. The van der Waals surface area contributed by atoms with E-state index in [0.717, 1.165) is 6.07 Å². The van der Waals surface area contributed by atoms with Crippen molar-refractivity contribution in [2.24, 2.45) is 0 Å². The van der Waals surface area contributed by atoms with Crippen molar-refractivity contribution in [2.75, 3.05) is 0 Å². The van der Waals surface area contributed by atoms with Gasteiger partial charge < -0.3 is 4.42 Å². The van der Waals surface area contributed by atoms with Gasteiger partial charge in [0.2, 0.25) is 4.71 Å². The topological polar surface area (TPSA) is 36.9 Å². The molecule has 80 valence electrons. The molecule has 0 fully saturated rings. The molecule has 0 saturated heterocycles. The van der Waals surface area contributed by atoms with Crippen molar-refractivity contribution >= 4 is 34.8 Å². The summed E-state index contributed by atoms with van der Waals surface area (Å²) in [4.78, 5) is 0. The molecule has 0 radical (unpaired) electrons. The number of rotatable bonds is 0. The van der Waals surface area contributed by atoms with Crippen LogP contribution in [0.3, 0.4) is 0 Å². The molecular formula is C10H2ClF2NOS. The predicted octanol–water partition coefficient (Wildman–Crippen LogP) is 3.97. The molecule has 1 heterocycles. The maximum absolute atomic E-state index is 13.3. The van der Waals surface area contributed by atoms with Gasteiger partial charge in [0.1, 0.15) is 17.4 Å². The van der Waals surface area contributed by atoms with E-state index in [9.17, 15) is 8.78 Å². The lowest BCUT2D eigenvalue weighted by Crippen LogP contribution is -1.88. The van der Waals surface area contributed by atoms with Crippen molar-refractivity contribution in [2.45, 2.75) is 0 Å². The molecule has 0 N–H and O–H groups in total. The summed E-state index contributed by atoms with van der Waals surface area (Å²) in [6.07, 6.45) is 0. The molecule has 0 aliphatic heterocycles. The first-order valence-electron chi connectivity index (χ1n) is 4.06. The molecule has 0 amide bonds. The van der Waals surface area contributed by atoms with Gasteiger partial charge in [-0.2, -0.15) is 5.26 Å². The quantitative estimate of drug-likeness (QED) is 0.670. The first-order chi connectivity index (χ1) is 7.54. The Balaban J connectivity index is 3.06. The van der Waals surface area contributed by atoms with Crippen LogP contribution in [0.1, 0.15) is 5.56 Å². The Labute approximate surface area is 98.7 Å². The Bertz CT molecular complexity index is 690. The fourth-order valence-electron chi connectivity index (χ4n) is 1.29. The van der Waals surface area contributed by atoms with E-state index >= 15 is 0 Å². The monoisotopic (exact) mass is 257 g/mol. The van der Waals surface area contributed by atoms with Crippen molar-refractivity contribution in [1.29, 1.82) is 5.26 Å². The Morgan fingerprint density at radius 3 is 2.69 bits per heavy atom. The minimum Gasteiger partial charge on any atom is -0.441 e. The summed E-state index contributed by atoms with van der Waals surface area (Å²) >= 11 is 10.5. The van der Waals surface area contributed by atoms with Gasteiger partial charge in [0.05, 0.1) is 5.02 Å². The third-order valence-electron chi connectivity index (χ3n) is 1.98. The van der Waals surface area contributed by atoms with Crippen LogP contribution in [-0.4, -0.2) is 0 Å². The molecular weight excluding hydrogens is 256 g/mol. The van der Waals surface area contributed by atoms with Crippen LogP contribution in [0.25, 0.3) is 11.0 Å². The Kier molecular flexibility index (Phi) is 2.62. The summed E-state index contributed by atoms with van der Waals surface area (Å²) in [6, 6.07) is 3.36. The van der Waals surface area contributed by atoms with Crippen molar-refractivity contribution < 1.29 is 13.2 Å². The number of nitrogens with zero attached hydrogens (tertiary/aromatic N) is 1. The summed E-state index contributed by atoms with van der Waals surface area (Å²) in [5.41, 5.74) is -0.357. The van der Waals surface area contributed by atoms with Crippen LogP contribution < -0.4 is 0 Å². The van der Waals surface area contributed by atoms with Crippen LogP contribution in [0, 0.1) is 27.7 Å². The molecule has 0 aliphatic rings. The van der Waals surface area contributed by atoms with E-state index in [2.05, 4.69) is 0 Å². The van der Waals surface area contributed by atoms with Gasteiger partial charge in [0.25, 0.3) is 0 Å². The number of hydrogen-bond acceptors (Lipinski definition) is 3. The lowest BCUT2D eigenvalue weighted by atomic mass is 10.2. The average molecular weight is 258 g/mol. The molecule has 0 unspecified atom stereocenters. The number of nitriles is 1. The molecule has 1 aromatic heterocycles. The van der Waals surface area contributed by atoms with Gasteiger partial charge in [-0.25, -0.2) is 8.78 Å². The van der Waals surface area contributed by atoms with Gasteiger partial charge in [0, 0.05) is 11.5 Å². The van der Waals surface area contributed by atoms with E-state index in [-0.39, 0.29) is 26.3 Å². The van der Waals surface area contributed by atoms with Crippen LogP contribution in [0.15, 0.2) is 16.5 Å². The lowest BCUT2D eigenvalue weighted by molar-refractivity contribution is 0.529. The van der Waals surface area contributed by atoms with E-state index in [1.807, 2.05) is 0 Å². The third-order valence-corrected chi connectivity index (χ3v) is 2.66. The van der Waals surface area contributed by atoms with Gasteiger partial charge in [-0.1, -0.05) is 11.6 Å². The van der Waals surface area contributed by atoms with E-state index < -0.39 is 11.6 Å². The summed E-state index contributed by atoms with van der Waals surface area (Å²) < 4.78 is 31.0. The second-order valence-corrected chi connectivity index (χ2v) is 3.70. The second-order valence-electron chi connectivity index (χ2n) is 2.95. The third kappa shape index (κ3) is 1.56. The number of hydrogen-bond donors (Lipinski definition) is 0. The maximum atomic E-state index is 13.3. The Hall–Kier alpha value is -1.51. The molecule has 0 spiro atoms. The Morgan fingerprint density at radius 1 is 1.38 bits per heavy atom. The standard InChI is InChI=1S/C10H2ClF2NOS/c11-8-5-1-4(12)2-7(13)9(5)15-10(16)6(8)3-14/h1-2H. The molecule has 0 aliphatic carbocycles. The van der Waals surface area contributed by atoms with Crippen LogP contribution >= 0.6 is 23.8 Å². The van der Waals surface area contributed by atoms with Crippen molar-refractivity contribution in [3.05, 3.63) is 39.1 Å². The molecule has 2 nitrogen and oxygen atoms in total. The van der Waals surface area contributed by atoms with Crippen molar-refractivity contribution in [3.63, 3.8) is 0 Å². The smallest absolute Gasteiger partial charge is 0.210 e. The van der Waals surface area contributed by atoms with Gasteiger partial charge in [-0.15, -0.1) is 0 Å². The highest BCUT2D eigenvalue weighted by atomic mass is 35.5. The fraction of sp³-hybridized carbons (Fsp3) is 0. The van der Waals surface area contributed by atoms with E-state index in [1.165, 1.54) is 0 Å². The zero-order valence-corrected chi connectivity index (χ0v) is 9.12. The summed E-state index contributed by atoms with van der Waals surface area (Å²) in [7, 11) is 0. The SMILES string of the molecule is N#Cc1c(Cl)c2cc(F)cc(F)c2oc1=S. The molecule has 6 heteroatoms. The van der Waals surface area contributed by atoms with Gasteiger partial charge in [-0.3, -0.25) is 0 Å². The molecule has 0 saturated carbocycles. The minimum atomic E-state index is -0.910. The van der Waals surface area contributed by atoms with Crippen molar-refractivity contribution in [3.8, 4) is 6.07 Å². The Morgan fingerprint density at radius 2 is 2.06 bits per heavy atom. The number of halogens is 3. The zero-order valence-electron chi connectivity index (χ0n) is 7.55. The van der Waals surface area contributed by atoms with Gasteiger partial charge in [0.15, 0.2) is 11.4 Å². The normalized spacial score (nSPS) is 10.4. The average Bonchev–Trinajstić information content (AvgIpc) is 2.21. The molecule has 2 rings (SSSR count). The lowest BCUT2D eigenvalue weighted by Gasteiger charge is -2.03. The molecule has 0 bridgehead atoms. The van der Waals surface area contributed by atoms with Crippen LogP contribution in [0.4, 0.5) is 8.78 Å². The minimum absolute atomic E-state index is 0.00989. The van der Waals surface area contributed by atoms with Crippen LogP contribution in [0.2, 0.25) is 5.02 Å². The second kappa shape index (κ2) is 3.81. The van der Waals surface area contributed by atoms with Crippen LogP contribution in [0.5, 0.6) is 0 Å². The number of benzene rings is 1. The first-order valence-corrected chi connectivity index (χ1v) is 4.84.